The predicted octanol–water partition coefficient (Wildman–Crippen LogP) is 1.11. The number of amides is 3. The molecule has 4 aliphatic rings. The number of carbonyl (C=O) groups is 3. The molecule has 174 valence electrons. The molecule has 3 heterocycles. The highest BCUT2D eigenvalue weighted by molar-refractivity contribution is 5.99. The molecule has 8 nitrogen and oxygen atoms in total. The molecule has 2 bridgehead atoms. The lowest BCUT2D eigenvalue weighted by molar-refractivity contribution is -0.146. The van der Waals surface area contributed by atoms with Gasteiger partial charge in [-0.15, -0.1) is 0 Å². The molecule has 0 aromatic heterocycles. The van der Waals surface area contributed by atoms with Gasteiger partial charge in [0.15, 0.2) is 0 Å². The molecule has 3 amide bonds. The Hall–Kier alpha value is -1.67. The number of likely N-dealkylation sites (tertiary alicyclic amines) is 1. The lowest BCUT2D eigenvalue weighted by atomic mass is 9.70. The molecule has 8 heteroatoms. The van der Waals surface area contributed by atoms with Gasteiger partial charge < -0.3 is 25.4 Å². The lowest BCUT2D eigenvalue weighted by Gasteiger charge is -2.37. The number of aliphatic hydroxyl groups is 1. The maximum absolute atomic E-state index is 13.7. The molecule has 31 heavy (non-hydrogen) atoms. The summed E-state index contributed by atoms with van der Waals surface area (Å²) >= 11 is 0. The standard InChI is InChI=1S/C23H37N3O5/c1-3-12-24-20(28)17-16-10-11-23(31-16)18(17)22(30)26(15(4-2)13-27)19(23)21(29)25-14-8-6-5-7-9-14/h14-19,27H,3-13H2,1-2H3,(H,24,28)(H,25,29)/t15-,16+,17-,18-,19?,23?/m0/s1. The normalized spacial score (nSPS) is 35.8. The van der Waals surface area contributed by atoms with E-state index in [1.54, 1.807) is 4.90 Å². The number of nitrogens with one attached hydrogen (secondary N) is 2. The summed E-state index contributed by atoms with van der Waals surface area (Å²) in [6, 6.07) is -1.14. The van der Waals surface area contributed by atoms with E-state index in [9.17, 15) is 19.5 Å². The number of rotatable bonds is 8. The van der Waals surface area contributed by atoms with Crippen molar-refractivity contribution in [2.24, 2.45) is 11.8 Å². The number of fused-ring (bicyclic) bond motifs is 1. The van der Waals surface area contributed by atoms with Crippen LogP contribution in [-0.2, 0) is 19.1 Å². The predicted molar refractivity (Wildman–Crippen MR) is 114 cm³/mol. The highest BCUT2D eigenvalue weighted by Crippen LogP contribution is 2.58. The quantitative estimate of drug-likeness (QED) is 0.529. The van der Waals surface area contributed by atoms with Crippen molar-refractivity contribution in [2.45, 2.75) is 101 Å². The number of hydrogen-bond acceptors (Lipinski definition) is 5. The molecule has 3 saturated heterocycles. The molecule has 3 aliphatic heterocycles. The van der Waals surface area contributed by atoms with E-state index < -0.39 is 29.5 Å². The van der Waals surface area contributed by atoms with Crippen LogP contribution in [-0.4, -0.2) is 70.7 Å². The average molecular weight is 436 g/mol. The van der Waals surface area contributed by atoms with Crippen molar-refractivity contribution in [1.82, 2.24) is 15.5 Å². The molecule has 1 aliphatic carbocycles. The summed E-state index contributed by atoms with van der Waals surface area (Å²) in [5.41, 5.74) is -0.975. The van der Waals surface area contributed by atoms with Crippen LogP contribution >= 0.6 is 0 Å². The first-order valence-corrected chi connectivity index (χ1v) is 12.2. The number of ether oxygens (including phenoxy) is 1. The maximum Gasteiger partial charge on any atom is 0.246 e. The fourth-order valence-electron chi connectivity index (χ4n) is 6.39. The van der Waals surface area contributed by atoms with Gasteiger partial charge in [-0.05, 0) is 38.5 Å². The van der Waals surface area contributed by atoms with E-state index >= 15 is 0 Å². The molecule has 0 radical (unpaired) electrons. The molecule has 4 fully saturated rings. The van der Waals surface area contributed by atoms with E-state index in [0.29, 0.717) is 25.8 Å². The molecule has 6 atom stereocenters. The van der Waals surface area contributed by atoms with E-state index in [-0.39, 0.29) is 36.5 Å². The average Bonchev–Trinajstić information content (AvgIpc) is 3.41. The van der Waals surface area contributed by atoms with Crippen molar-refractivity contribution in [3.8, 4) is 0 Å². The third kappa shape index (κ3) is 3.65. The molecule has 1 spiro atoms. The summed E-state index contributed by atoms with van der Waals surface area (Å²) in [6.45, 7) is 4.23. The van der Waals surface area contributed by atoms with E-state index in [0.717, 1.165) is 32.1 Å². The second-order valence-electron chi connectivity index (χ2n) is 9.68. The summed E-state index contributed by atoms with van der Waals surface area (Å²) in [5, 5.41) is 16.1. The van der Waals surface area contributed by atoms with Crippen LogP contribution in [0, 0.1) is 11.8 Å². The SMILES string of the molecule is CCCNC(=O)[C@@H]1[C@H]2C(=O)N([C@@H](CC)CO)C(C(=O)NC3CCCCC3)C23CC[C@H]1O3. The summed E-state index contributed by atoms with van der Waals surface area (Å²) in [7, 11) is 0. The second kappa shape index (κ2) is 9.06. The first-order valence-electron chi connectivity index (χ1n) is 12.2. The Morgan fingerprint density at radius 2 is 1.94 bits per heavy atom. The van der Waals surface area contributed by atoms with Crippen LogP contribution < -0.4 is 10.6 Å². The van der Waals surface area contributed by atoms with Crippen molar-refractivity contribution in [1.29, 1.82) is 0 Å². The summed E-state index contributed by atoms with van der Waals surface area (Å²) in [4.78, 5) is 41.8. The van der Waals surface area contributed by atoms with Gasteiger partial charge in [0, 0.05) is 12.6 Å². The smallest absolute Gasteiger partial charge is 0.246 e. The number of carbonyl (C=O) groups excluding carboxylic acids is 3. The monoisotopic (exact) mass is 435 g/mol. The molecule has 2 unspecified atom stereocenters. The van der Waals surface area contributed by atoms with Gasteiger partial charge in [0.2, 0.25) is 17.7 Å². The van der Waals surface area contributed by atoms with Gasteiger partial charge in [-0.25, -0.2) is 0 Å². The lowest BCUT2D eigenvalue weighted by Crippen LogP contribution is -2.59. The van der Waals surface area contributed by atoms with Gasteiger partial charge >= 0.3 is 0 Å². The Morgan fingerprint density at radius 3 is 2.58 bits per heavy atom. The molecule has 0 aromatic rings. The van der Waals surface area contributed by atoms with E-state index in [4.69, 9.17) is 4.74 Å². The first kappa shape index (κ1) is 22.5. The van der Waals surface area contributed by atoms with Crippen LogP contribution in [0.25, 0.3) is 0 Å². The fraction of sp³-hybridized carbons (Fsp3) is 0.870. The molecular formula is C23H37N3O5. The zero-order valence-corrected chi connectivity index (χ0v) is 18.8. The van der Waals surface area contributed by atoms with Crippen molar-refractivity contribution in [3.05, 3.63) is 0 Å². The number of hydrogen-bond donors (Lipinski definition) is 3. The van der Waals surface area contributed by atoms with Crippen molar-refractivity contribution in [3.63, 3.8) is 0 Å². The van der Waals surface area contributed by atoms with Crippen molar-refractivity contribution < 1.29 is 24.2 Å². The van der Waals surface area contributed by atoms with Crippen LogP contribution in [0.15, 0.2) is 0 Å². The Bertz CT molecular complexity index is 705. The minimum absolute atomic E-state index is 0.116. The maximum atomic E-state index is 13.7. The minimum atomic E-state index is -0.975. The van der Waals surface area contributed by atoms with Gasteiger partial charge in [0.05, 0.1) is 30.6 Å². The highest BCUT2D eigenvalue weighted by atomic mass is 16.5. The Labute approximate surface area is 184 Å². The third-order valence-electron chi connectivity index (χ3n) is 7.87. The van der Waals surface area contributed by atoms with Crippen LogP contribution in [0.1, 0.15) is 71.6 Å². The largest absolute Gasteiger partial charge is 0.394 e. The summed E-state index contributed by atoms with van der Waals surface area (Å²) in [6.07, 6.45) is 7.57. The number of aliphatic hydroxyl groups excluding tert-OH is 1. The zero-order chi connectivity index (χ0) is 22.2. The first-order chi connectivity index (χ1) is 15.0. The van der Waals surface area contributed by atoms with Gasteiger partial charge in [0.1, 0.15) is 11.6 Å². The summed E-state index contributed by atoms with van der Waals surface area (Å²) in [5.74, 6) is -1.80. The van der Waals surface area contributed by atoms with Crippen LogP contribution in [0.5, 0.6) is 0 Å². The molecule has 1 saturated carbocycles. The second-order valence-corrected chi connectivity index (χ2v) is 9.68. The van der Waals surface area contributed by atoms with Gasteiger partial charge in [-0.1, -0.05) is 33.1 Å². The topological polar surface area (TPSA) is 108 Å². The molecule has 3 N–H and O–H groups in total. The fourth-order valence-corrected chi connectivity index (χ4v) is 6.39. The van der Waals surface area contributed by atoms with Crippen molar-refractivity contribution in [2.75, 3.05) is 13.2 Å². The van der Waals surface area contributed by atoms with Crippen LogP contribution in [0.2, 0.25) is 0 Å². The van der Waals surface area contributed by atoms with E-state index in [2.05, 4.69) is 10.6 Å². The Morgan fingerprint density at radius 1 is 1.19 bits per heavy atom. The number of nitrogens with zero attached hydrogens (tertiary/aromatic N) is 1. The van der Waals surface area contributed by atoms with Gasteiger partial charge in [-0.2, -0.15) is 0 Å². The van der Waals surface area contributed by atoms with Gasteiger partial charge in [-0.3, -0.25) is 14.4 Å². The highest BCUT2D eigenvalue weighted by Gasteiger charge is 2.75. The third-order valence-corrected chi connectivity index (χ3v) is 7.87. The van der Waals surface area contributed by atoms with Gasteiger partial charge in [0.25, 0.3) is 0 Å². The molecule has 0 aromatic carbocycles. The van der Waals surface area contributed by atoms with Crippen LogP contribution in [0.3, 0.4) is 0 Å². The Balaban J connectivity index is 1.65. The molecule has 4 rings (SSSR count). The Kier molecular flexibility index (Phi) is 6.58. The zero-order valence-electron chi connectivity index (χ0n) is 18.8. The van der Waals surface area contributed by atoms with E-state index in [1.807, 2.05) is 13.8 Å². The van der Waals surface area contributed by atoms with Crippen molar-refractivity contribution >= 4 is 17.7 Å². The summed E-state index contributed by atoms with van der Waals surface area (Å²) < 4.78 is 6.39. The minimum Gasteiger partial charge on any atom is -0.394 e. The van der Waals surface area contributed by atoms with Crippen LogP contribution in [0.4, 0.5) is 0 Å². The molecular weight excluding hydrogens is 398 g/mol. The van der Waals surface area contributed by atoms with E-state index in [1.165, 1.54) is 6.42 Å².